The number of sulfonamides is 1. The van der Waals surface area contributed by atoms with Crippen LogP contribution in [0.2, 0.25) is 0 Å². The summed E-state index contributed by atoms with van der Waals surface area (Å²) >= 11 is 0.929. The number of pyridine rings is 1. The van der Waals surface area contributed by atoms with Crippen LogP contribution in [0.1, 0.15) is 14.5 Å². The number of hydrogen-bond donors (Lipinski definition) is 2. The summed E-state index contributed by atoms with van der Waals surface area (Å²) in [5.74, 6) is -1.14. The lowest BCUT2D eigenvalue weighted by molar-refractivity contribution is 0.0702. The Hall–Kier alpha value is -1.93. The zero-order chi connectivity index (χ0) is 14.0. The molecule has 2 aromatic rings. The average Bonchev–Trinajstić information content (AvgIpc) is 2.73. The summed E-state index contributed by atoms with van der Waals surface area (Å²) in [5, 5.41) is 8.86. The third kappa shape index (κ3) is 2.91. The zero-order valence-electron chi connectivity index (χ0n) is 9.82. The van der Waals surface area contributed by atoms with Crippen molar-refractivity contribution in [3.05, 3.63) is 40.3 Å². The van der Waals surface area contributed by atoms with Crippen LogP contribution in [0.4, 0.5) is 5.69 Å². The van der Waals surface area contributed by atoms with Crippen LogP contribution in [0.3, 0.4) is 0 Å². The SMILES string of the molecule is Cc1sc(C(=O)O)cc1S(=O)(=O)Nc1ccncc1. The van der Waals surface area contributed by atoms with Crippen LogP contribution in [0, 0.1) is 6.92 Å². The number of nitrogens with one attached hydrogen (secondary N) is 1. The molecule has 0 fully saturated rings. The molecule has 0 saturated carbocycles. The molecule has 2 rings (SSSR count). The molecule has 2 aromatic heterocycles. The van der Waals surface area contributed by atoms with E-state index in [1.54, 1.807) is 6.92 Å². The molecule has 0 aromatic carbocycles. The Bertz CT molecular complexity index is 708. The molecule has 8 heteroatoms. The van der Waals surface area contributed by atoms with Gasteiger partial charge in [-0.2, -0.15) is 0 Å². The molecule has 0 bridgehead atoms. The highest BCUT2D eigenvalue weighted by atomic mass is 32.2. The van der Waals surface area contributed by atoms with Gasteiger partial charge in [-0.05, 0) is 25.1 Å². The minimum absolute atomic E-state index is 0.00685. The number of thiophene rings is 1. The van der Waals surface area contributed by atoms with Crippen molar-refractivity contribution in [1.82, 2.24) is 4.98 Å². The fourth-order valence-corrected chi connectivity index (χ4v) is 3.96. The molecule has 0 atom stereocenters. The van der Waals surface area contributed by atoms with Gasteiger partial charge in [0.1, 0.15) is 9.77 Å². The van der Waals surface area contributed by atoms with Crippen molar-refractivity contribution in [2.75, 3.05) is 4.72 Å². The van der Waals surface area contributed by atoms with Crippen LogP contribution in [0.25, 0.3) is 0 Å². The molecule has 2 heterocycles. The maximum atomic E-state index is 12.1. The Kier molecular flexibility index (Phi) is 3.54. The van der Waals surface area contributed by atoms with Crippen molar-refractivity contribution in [2.24, 2.45) is 0 Å². The van der Waals surface area contributed by atoms with E-state index >= 15 is 0 Å². The van der Waals surface area contributed by atoms with Gasteiger partial charge < -0.3 is 5.11 Å². The van der Waals surface area contributed by atoms with Gasteiger partial charge in [0.25, 0.3) is 10.0 Å². The summed E-state index contributed by atoms with van der Waals surface area (Å²) in [6.07, 6.45) is 2.92. The lowest BCUT2D eigenvalue weighted by atomic mass is 10.4. The average molecular weight is 298 g/mol. The molecule has 100 valence electrons. The van der Waals surface area contributed by atoms with Gasteiger partial charge >= 0.3 is 5.97 Å². The standard InChI is InChI=1S/C11H10N2O4S2/c1-7-10(6-9(18-7)11(14)15)19(16,17)13-8-2-4-12-5-3-8/h2-6H,1H3,(H,12,13)(H,14,15). The summed E-state index contributed by atoms with van der Waals surface area (Å²) in [6, 6.07) is 4.18. The van der Waals surface area contributed by atoms with Crippen LogP contribution < -0.4 is 4.72 Å². The van der Waals surface area contributed by atoms with E-state index in [0.717, 1.165) is 17.4 Å². The fraction of sp³-hybridized carbons (Fsp3) is 0.0909. The van der Waals surface area contributed by atoms with Gasteiger partial charge in [-0.3, -0.25) is 9.71 Å². The largest absolute Gasteiger partial charge is 0.477 e. The highest BCUT2D eigenvalue weighted by Crippen LogP contribution is 2.27. The molecule has 0 spiro atoms. The zero-order valence-corrected chi connectivity index (χ0v) is 11.5. The predicted octanol–water partition coefficient (Wildman–Crippen LogP) is 1.95. The number of carboxylic acids is 1. The Morgan fingerprint density at radius 3 is 2.53 bits per heavy atom. The van der Waals surface area contributed by atoms with E-state index in [1.807, 2.05) is 0 Å². The van der Waals surface area contributed by atoms with Crippen LogP contribution in [0.5, 0.6) is 0 Å². The van der Waals surface area contributed by atoms with Gasteiger partial charge in [0, 0.05) is 17.3 Å². The smallest absolute Gasteiger partial charge is 0.345 e. The molecule has 2 N–H and O–H groups in total. The number of anilines is 1. The molecule has 6 nitrogen and oxygen atoms in total. The lowest BCUT2D eigenvalue weighted by Crippen LogP contribution is -2.13. The first-order valence-corrected chi connectivity index (χ1v) is 7.46. The van der Waals surface area contributed by atoms with Gasteiger partial charge in [-0.25, -0.2) is 13.2 Å². The number of aryl methyl sites for hydroxylation is 1. The maximum Gasteiger partial charge on any atom is 0.345 e. The highest BCUT2D eigenvalue weighted by molar-refractivity contribution is 7.93. The van der Waals surface area contributed by atoms with Gasteiger partial charge in [-0.1, -0.05) is 0 Å². The van der Waals surface area contributed by atoms with Gasteiger partial charge in [0.15, 0.2) is 0 Å². The maximum absolute atomic E-state index is 12.1. The van der Waals surface area contributed by atoms with E-state index in [2.05, 4.69) is 9.71 Å². The summed E-state index contributed by atoms with van der Waals surface area (Å²) in [4.78, 5) is 15.0. The van der Waals surface area contributed by atoms with Gasteiger partial charge in [-0.15, -0.1) is 11.3 Å². The molecule has 19 heavy (non-hydrogen) atoms. The molecular formula is C11H10N2O4S2. The van der Waals surface area contributed by atoms with Gasteiger partial charge in [0.2, 0.25) is 0 Å². The van der Waals surface area contributed by atoms with Crippen molar-refractivity contribution in [2.45, 2.75) is 11.8 Å². The van der Waals surface area contributed by atoms with E-state index in [9.17, 15) is 13.2 Å². The van der Waals surface area contributed by atoms with Crippen LogP contribution in [-0.2, 0) is 10.0 Å². The third-order valence-electron chi connectivity index (χ3n) is 2.31. The number of rotatable bonds is 4. The van der Waals surface area contributed by atoms with E-state index < -0.39 is 16.0 Å². The van der Waals surface area contributed by atoms with Crippen LogP contribution in [0.15, 0.2) is 35.5 Å². The second-order valence-electron chi connectivity index (χ2n) is 3.68. The van der Waals surface area contributed by atoms with Crippen molar-refractivity contribution >= 4 is 33.0 Å². The fourth-order valence-electron chi connectivity index (χ4n) is 1.47. The number of aromatic nitrogens is 1. The van der Waals surface area contributed by atoms with Crippen LogP contribution >= 0.6 is 11.3 Å². The van der Waals surface area contributed by atoms with Crippen molar-refractivity contribution in [3.63, 3.8) is 0 Å². The normalized spacial score (nSPS) is 11.2. The third-order valence-corrected chi connectivity index (χ3v) is 4.98. The molecule has 0 amide bonds. The molecule has 0 aliphatic heterocycles. The summed E-state index contributed by atoms with van der Waals surface area (Å²) in [5.41, 5.74) is 0.373. The topological polar surface area (TPSA) is 96.4 Å². The van der Waals surface area contributed by atoms with E-state index in [1.165, 1.54) is 24.5 Å². The molecule has 0 aliphatic carbocycles. The quantitative estimate of drug-likeness (QED) is 0.899. The summed E-state index contributed by atoms with van der Waals surface area (Å²) < 4.78 is 26.7. The second-order valence-corrected chi connectivity index (χ2v) is 6.58. The predicted molar refractivity (Wildman–Crippen MR) is 71.1 cm³/mol. The Balaban J connectivity index is 2.37. The number of carbonyl (C=O) groups is 1. The monoisotopic (exact) mass is 298 g/mol. The Morgan fingerprint density at radius 1 is 1.37 bits per heavy atom. The molecular weight excluding hydrogens is 288 g/mol. The molecule has 0 radical (unpaired) electrons. The first-order valence-electron chi connectivity index (χ1n) is 5.17. The summed E-state index contributed by atoms with van der Waals surface area (Å²) in [7, 11) is -3.79. The highest BCUT2D eigenvalue weighted by Gasteiger charge is 2.22. The minimum atomic E-state index is -3.79. The second kappa shape index (κ2) is 4.98. The lowest BCUT2D eigenvalue weighted by Gasteiger charge is -2.06. The van der Waals surface area contributed by atoms with E-state index in [4.69, 9.17) is 5.11 Å². The van der Waals surface area contributed by atoms with Crippen molar-refractivity contribution in [3.8, 4) is 0 Å². The minimum Gasteiger partial charge on any atom is -0.477 e. The number of aromatic carboxylic acids is 1. The number of nitrogens with zero attached hydrogens (tertiary/aromatic N) is 1. The molecule has 0 saturated heterocycles. The molecule has 0 unspecified atom stereocenters. The first-order chi connectivity index (χ1) is 8.90. The van der Waals surface area contributed by atoms with E-state index in [0.29, 0.717) is 10.6 Å². The Morgan fingerprint density at radius 2 is 2.00 bits per heavy atom. The Labute approximate surface area is 113 Å². The number of carboxylic acid groups (broad SMARTS) is 1. The van der Waals surface area contributed by atoms with Crippen molar-refractivity contribution < 1.29 is 18.3 Å². The van der Waals surface area contributed by atoms with Gasteiger partial charge in [0.05, 0.1) is 5.69 Å². The number of hydrogen-bond acceptors (Lipinski definition) is 5. The van der Waals surface area contributed by atoms with E-state index in [-0.39, 0.29) is 9.77 Å². The van der Waals surface area contributed by atoms with Crippen LogP contribution in [-0.4, -0.2) is 24.5 Å². The molecule has 0 aliphatic rings. The van der Waals surface area contributed by atoms with Crippen molar-refractivity contribution in [1.29, 1.82) is 0 Å². The summed E-state index contributed by atoms with van der Waals surface area (Å²) in [6.45, 7) is 1.57. The first kappa shape index (κ1) is 13.5.